The Morgan fingerprint density at radius 2 is 1.38 bits per heavy atom. The van der Waals surface area contributed by atoms with Crippen molar-refractivity contribution in [1.29, 1.82) is 0 Å². The summed E-state index contributed by atoms with van der Waals surface area (Å²) in [6, 6.07) is 20.6. The summed E-state index contributed by atoms with van der Waals surface area (Å²) in [5.74, 6) is 1.27. The highest BCUT2D eigenvalue weighted by molar-refractivity contribution is 7.09. The maximum Gasteiger partial charge on any atom is 0.273 e. The predicted molar refractivity (Wildman–Crippen MR) is 164 cm³/mol. The van der Waals surface area contributed by atoms with Crippen molar-refractivity contribution in [2.45, 2.75) is 37.8 Å². The van der Waals surface area contributed by atoms with Crippen LogP contribution < -0.4 is 30.2 Å². The van der Waals surface area contributed by atoms with Crippen LogP contribution in [0.3, 0.4) is 0 Å². The number of rotatable bonds is 10. The summed E-state index contributed by atoms with van der Waals surface area (Å²) in [7, 11) is 4.75. The number of aromatic nitrogens is 1. The zero-order valence-corrected chi connectivity index (χ0v) is 24.6. The predicted octanol–water partition coefficient (Wildman–Crippen LogP) is 5.87. The van der Waals surface area contributed by atoms with Crippen LogP contribution in [0.15, 0.2) is 72.8 Å². The quantitative estimate of drug-likeness (QED) is 0.239. The van der Waals surface area contributed by atoms with Gasteiger partial charge < -0.3 is 25.3 Å². The second-order valence-corrected chi connectivity index (χ2v) is 10.8. The molecule has 4 aromatic rings. The van der Waals surface area contributed by atoms with Gasteiger partial charge in [0.1, 0.15) is 33.9 Å². The highest BCUT2D eigenvalue weighted by atomic mass is 32.1. The van der Waals surface area contributed by atoms with E-state index >= 15 is 0 Å². The number of ether oxygens (including phenoxy) is 3. The lowest BCUT2D eigenvalue weighted by molar-refractivity contribution is -0.123. The fourth-order valence-electron chi connectivity index (χ4n) is 5.20. The van der Waals surface area contributed by atoms with Gasteiger partial charge in [0.05, 0.1) is 27.0 Å². The molecular weight excluding hydrogens is 552 g/mol. The zero-order valence-electron chi connectivity index (χ0n) is 23.8. The second-order valence-electron chi connectivity index (χ2n) is 10.0. The van der Waals surface area contributed by atoms with E-state index in [0.717, 1.165) is 42.8 Å². The number of nitrogens with zero attached hydrogens (tertiary/aromatic N) is 2. The molecule has 1 heterocycles. The number of nitrogens with two attached hydrogens (primary N) is 1. The monoisotopic (exact) mass is 586 g/mol. The van der Waals surface area contributed by atoms with Crippen LogP contribution in [0.1, 0.15) is 47.0 Å². The minimum atomic E-state index is -0.983. The Morgan fingerprint density at radius 1 is 0.857 bits per heavy atom. The second kappa shape index (κ2) is 12.9. The topological polar surface area (TPSA) is 116 Å². The maximum atomic E-state index is 14.5. The van der Waals surface area contributed by atoms with Gasteiger partial charge in [-0.2, -0.15) is 4.37 Å². The van der Waals surface area contributed by atoms with E-state index in [1.807, 2.05) is 24.3 Å². The van der Waals surface area contributed by atoms with Crippen molar-refractivity contribution in [3.63, 3.8) is 0 Å². The van der Waals surface area contributed by atoms with Gasteiger partial charge in [0.2, 0.25) is 5.91 Å². The SMILES string of the molecule is COc1ccc(-c2nsc(C(=O)N(c3ccc(OC)cc3)[C@H](C(=O)NC3CCCC3)c3ccc(OC)cc3)c2N)cc1. The molecule has 9 nitrogen and oxygen atoms in total. The number of hydrogen-bond acceptors (Lipinski definition) is 8. The standard InChI is InChI=1S/C32H34N4O5S/c1-39-24-14-8-20(9-15-24)28-27(33)30(42-35-28)32(38)36(23-12-18-26(41-3)19-13-23)29(21-10-16-25(40-2)17-11-21)31(37)34-22-6-4-5-7-22/h8-19,22,29H,4-7,33H2,1-3H3,(H,34,37)/t29-/m0/s1. The van der Waals surface area contributed by atoms with Crippen molar-refractivity contribution < 1.29 is 23.8 Å². The van der Waals surface area contributed by atoms with Gasteiger partial charge in [0.25, 0.3) is 5.91 Å². The first-order valence-corrected chi connectivity index (χ1v) is 14.5. The molecule has 0 spiro atoms. The minimum Gasteiger partial charge on any atom is -0.497 e. The van der Waals surface area contributed by atoms with Crippen molar-refractivity contribution in [3.8, 4) is 28.5 Å². The molecule has 42 heavy (non-hydrogen) atoms. The molecule has 2 amide bonds. The Balaban J connectivity index is 1.60. The van der Waals surface area contributed by atoms with Crippen LogP contribution in [0.5, 0.6) is 17.2 Å². The third-order valence-corrected chi connectivity index (χ3v) is 8.35. The lowest BCUT2D eigenvalue weighted by Crippen LogP contribution is -2.46. The number of carbonyl (C=O) groups excluding carboxylic acids is 2. The van der Waals surface area contributed by atoms with Gasteiger partial charge in [0.15, 0.2) is 0 Å². The first-order chi connectivity index (χ1) is 20.4. The summed E-state index contributed by atoms with van der Waals surface area (Å²) in [5.41, 5.74) is 9.23. The molecule has 1 aliphatic rings. The summed E-state index contributed by atoms with van der Waals surface area (Å²) >= 11 is 1.01. The van der Waals surface area contributed by atoms with Crippen molar-refractivity contribution in [3.05, 3.63) is 83.2 Å². The summed E-state index contributed by atoms with van der Waals surface area (Å²) in [6.45, 7) is 0. The van der Waals surface area contributed by atoms with Gasteiger partial charge in [-0.1, -0.05) is 25.0 Å². The lowest BCUT2D eigenvalue weighted by Gasteiger charge is -2.32. The largest absolute Gasteiger partial charge is 0.497 e. The van der Waals surface area contributed by atoms with E-state index in [0.29, 0.717) is 34.2 Å². The number of benzene rings is 3. The van der Waals surface area contributed by atoms with Gasteiger partial charge in [-0.15, -0.1) is 0 Å². The van der Waals surface area contributed by atoms with Crippen LogP contribution in [0.2, 0.25) is 0 Å². The fourth-order valence-corrected chi connectivity index (χ4v) is 5.96. The van der Waals surface area contributed by atoms with E-state index in [4.69, 9.17) is 19.9 Å². The van der Waals surface area contributed by atoms with E-state index in [9.17, 15) is 9.59 Å². The molecule has 0 radical (unpaired) electrons. The molecule has 1 atom stereocenters. The van der Waals surface area contributed by atoms with Gasteiger partial charge >= 0.3 is 0 Å². The average molecular weight is 587 g/mol. The average Bonchev–Trinajstić information content (AvgIpc) is 3.69. The molecule has 0 unspecified atom stereocenters. The van der Waals surface area contributed by atoms with Crippen LogP contribution in [-0.2, 0) is 4.79 Å². The number of hydrogen-bond donors (Lipinski definition) is 2. The van der Waals surface area contributed by atoms with E-state index < -0.39 is 11.9 Å². The summed E-state index contributed by atoms with van der Waals surface area (Å²) in [6.07, 6.45) is 3.94. The molecule has 3 N–H and O–H groups in total. The number of amides is 2. The number of anilines is 2. The normalized spacial score (nSPS) is 13.8. The summed E-state index contributed by atoms with van der Waals surface area (Å²) in [5, 5.41) is 3.20. The fraction of sp³-hybridized carbons (Fsp3) is 0.281. The Kier molecular flexibility index (Phi) is 8.92. The zero-order chi connectivity index (χ0) is 29.6. The Morgan fingerprint density at radius 3 is 1.93 bits per heavy atom. The van der Waals surface area contributed by atoms with Crippen molar-refractivity contribution >= 4 is 34.7 Å². The highest BCUT2D eigenvalue weighted by Crippen LogP contribution is 2.37. The molecule has 1 aromatic heterocycles. The lowest BCUT2D eigenvalue weighted by atomic mass is 10.0. The van der Waals surface area contributed by atoms with Gasteiger partial charge in [-0.05, 0) is 90.6 Å². The molecule has 1 fully saturated rings. The van der Waals surface area contributed by atoms with Crippen LogP contribution >= 0.6 is 11.5 Å². The number of nitrogen functional groups attached to an aromatic ring is 1. The number of methoxy groups -OCH3 is 3. The molecule has 0 aliphatic heterocycles. The minimum absolute atomic E-state index is 0.0567. The molecule has 3 aromatic carbocycles. The van der Waals surface area contributed by atoms with Crippen LogP contribution in [-0.4, -0.2) is 43.6 Å². The number of nitrogens with one attached hydrogen (secondary N) is 1. The van der Waals surface area contributed by atoms with E-state index in [1.54, 1.807) is 69.9 Å². The molecule has 218 valence electrons. The van der Waals surface area contributed by atoms with Crippen molar-refractivity contribution in [2.75, 3.05) is 32.0 Å². The third-order valence-electron chi connectivity index (χ3n) is 7.49. The Labute approximate surface area is 249 Å². The van der Waals surface area contributed by atoms with Crippen LogP contribution in [0, 0.1) is 0 Å². The van der Waals surface area contributed by atoms with E-state index in [-0.39, 0.29) is 22.5 Å². The van der Waals surface area contributed by atoms with Gasteiger partial charge in [-0.3, -0.25) is 14.5 Å². The molecule has 1 aliphatic carbocycles. The highest BCUT2D eigenvalue weighted by Gasteiger charge is 2.37. The summed E-state index contributed by atoms with van der Waals surface area (Å²) in [4.78, 5) is 30.3. The molecule has 0 bridgehead atoms. The summed E-state index contributed by atoms with van der Waals surface area (Å²) < 4.78 is 20.5. The molecule has 1 saturated carbocycles. The molecular formula is C32H34N4O5S. The van der Waals surface area contributed by atoms with Gasteiger partial charge in [0, 0.05) is 17.3 Å². The van der Waals surface area contributed by atoms with E-state index in [1.165, 1.54) is 4.90 Å². The maximum absolute atomic E-state index is 14.5. The smallest absolute Gasteiger partial charge is 0.273 e. The van der Waals surface area contributed by atoms with Gasteiger partial charge in [-0.25, -0.2) is 0 Å². The first-order valence-electron chi connectivity index (χ1n) is 13.7. The molecule has 5 rings (SSSR count). The Bertz CT molecular complexity index is 1510. The molecule has 0 saturated heterocycles. The van der Waals surface area contributed by atoms with Crippen LogP contribution in [0.4, 0.5) is 11.4 Å². The first kappa shape index (κ1) is 28.9. The molecule has 10 heteroatoms. The number of carbonyl (C=O) groups is 2. The Hall–Kier alpha value is -4.57. The van der Waals surface area contributed by atoms with Crippen LogP contribution in [0.25, 0.3) is 11.3 Å². The van der Waals surface area contributed by atoms with E-state index in [2.05, 4.69) is 9.69 Å². The van der Waals surface area contributed by atoms with Crippen molar-refractivity contribution in [2.24, 2.45) is 0 Å². The third kappa shape index (κ3) is 6.03. The van der Waals surface area contributed by atoms with Crippen molar-refractivity contribution in [1.82, 2.24) is 9.69 Å².